The lowest BCUT2D eigenvalue weighted by atomic mass is 9.96. The molecule has 9 heteroatoms. The standard InChI is InChI=1S/C18H18FN3O4S/c19-12-9-14-11(5-6-17(23)20-14)8-16(12)27(25,26)22-15-7-10-3-1-2-4-13(10)21-18(15)24/h7-9,22H,1-6H2,(H,20,23)(H,21,24). The van der Waals surface area contributed by atoms with Crippen LogP contribution in [0.2, 0.25) is 0 Å². The number of pyridine rings is 1. The van der Waals surface area contributed by atoms with Crippen molar-refractivity contribution in [3.63, 3.8) is 0 Å². The van der Waals surface area contributed by atoms with Crippen molar-refractivity contribution in [2.75, 3.05) is 10.0 Å². The number of rotatable bonds is 3. The SMILES string of the molecule is O=C1CCc2cc(S(=O)(=O)Nc3cc4c([nH]c3=O)CCCC4)c(F)cc2N1. The second kappa shape index (κ2) is 6.49. The number of benzene rings is 1. The minimum atomic E-state index is -4.30. The summed E-state index contributed by atoms with van der Waals surface area (Å²) in [7, 11) is -4.30. The molecule has 1 aliphatic heterocycles. The molecule has 3 N–H and O–H groups in total. The highest BCUT2D eigenvalue weighted by Gasteiger charge is 2.25. The molecule has 0 saturated heterocycles. The average Bonchev–Trinajstić information content (AvgIpc) is 2.61. The van der Waals surface area contributed by atoms with Crippen molar-refractivity contribution < 1.29 is 17.6 Å². The number of carbonyl (C=O) groups is 1. The highest BCUT2D eigenvalue weighted by atomic mass is 32.2. The van der Waals surface area contributed by atoms with E-state index in [0.717, 1.165) is 43.0 Å². The van der Waals surface area contributed by atoms with Crippen LogP contribution in [0.15, 0.2) is 27.9 Å². The van der Waals surface area contributed by atoms with Gasteiger partial charge >= 0.3 is 0 Å². The van der Waals surface area contributed by atoms with Crippen molar-refractivity contribution in [3.05, 3.63) is 51.2 Å². The third-order valence-electron chi connectivity index (χ3n) is 4.93. The minimum absolute atomic E-state index is 0.124. The maximum Gasteiger partial charge on any atom is 0.272 e. The lowest BCUT2D eigenvalue weighted by Crippen LogP contribution is -2.24. The van der Waals surface area contributed by atoms with Gasteiger partial charge in [0.15, 0.2) is 0 Å². The van der Waals surface area contributed by atoms with Crippen molar-refractivity contribution in [2.45, 2.75) is 43.4 Å². The average molecular weight is 391 g/mol. The van der Waals surface area contributed by atoms with Crippen molar-refractivity contribution >= 4 is 27.3 Å². The van der Waals surface area contributed by atoms with E-state index in [9.17, 15) is 22.4 Å². The number of anilines is 2. The molecule has 0 bridgehead atoms. The summed E-state index contributed by atoms with van der Waals surface area (Å²) in [5, 5.41) is 2.52. The molecule has 4 rings (SSSR count). The lowest BCUT2D eigenvalue weighted by Gasteiger charge is -2.19. The molecule has 1 aromatic heterocycles. The van der Waals surface area contributed by atoms with E-state index in [1.165, 1.54) is 12.1 Å². The van der Waals surface area contributed by atoms with Crippen LogP contribution in [0.4, 0.5) is 15.8 Å². The Morgan fingerprint density at radius 3 is 2.56 bits per heavy atom. The molecule has 2 aromatic rings. The monoisotopic (exact) mass is 391 g/mol. The molecule has 2 heterocycles. The summed E-state index contributed by atoms with van der Waals surface area (Å²) in [5.41, 5.74) is 1.85. The minimum Gasteiger partial charge on any atom is -0.326 e. The van der Waals surface area contributed by atoms with Gasteiger partial charge in [0.2, 0.25) is 5.91 Å². The van der Waals surface area contributed by atoms with Crippen LogP contribution in [0.1, 0.15) is 36.1 Å². The third-order valence-corrected chi connectivity index (χ3v) is 6.31. The summed E-state index contributed by atoms with van der Waals surface area (Å²) in [5.74, 6) is -1.23. The number of aromatic amines is 1. The first-order valence-electron chi connectivity index (χ1n) is 8.74. The third kappa shape index (κ3) is 3.34. The molecule has 1 aromatic carbocycles. The molecule has 27 heavy (non-hydrogen) atoms. The van der Waals surface area contributed by atoms with Gasteiger partial charge in [0.1, 0.15) is 16.4 Å². The van der Waals surface area contributed by atoms with Crippen LogP contribution >= 0.6 is 0 Å². The quantitative estimate of drug-likeness (QED) is 0.744. The fourth-order valence-corrected chi connectivity index (χ4v) is 4.70. The van der Waals surface area contributed by atoms with Crippen LogP contribution in [0.25, 0.3) is 0 Å². The van der Waals surface area contributed by atoms with E-state index in [0.29, 0.717) is 12.0 Å². The van der Waals surface area contributed by atoms with Gasteiger partial charge in [-0.3, -0.25) is 14.3 Å². The number of hydrogen-bond donors (Lipinski definition) is 3. The van der Waals surface area contributed by atoms with E-state index < -0.39 is 26.3 Å². The summed E-state index contributed by atoms with van der Waals surface area (Å²) in [4.78, 5) is 25.8. The number of fused-ring (bicyclic) bond motifs is 2. The zero-order valence-corrected chi connectivity index (χ0v) is 15.2. The number of halogens is 1. The Morgan fingerprint density at radius 2 is 1.74 bits per heavy atom. The molecule has 7 nitrogen and oxygen atoms in total. The Balaban J connectivity index is 1.71. The van der Waals surface area contributed by atoms with E-state index in [4.69, 9.17) is 0 Å². The molecule has 2 aliphatic rings. The van der Waals surface area contributed by atoms with Crippen molar-refractivity contribution in [2.24, 2.45) is 0 Å². The Hall–Kier alpha value is -2.68. The number of aromatic nitrogens is 1. The second-order valence-corrected chi connectivity index (χ2v) is 8.47. The van der Waals surface area contributed by atoms with E-state index in [2.05, 4.69) is 15.0 Å². The van der Waals surface area contributed by atoms with Gasteiger partial charge in [-0.25, -0.2) is 12.8 Å². The smallest absolute Gasteiger partial charge is 0.272 e. The molecule has 142 valence electrons. The van der Waals surface area contributed by atoms with E-state index in [1.807, 2.05) is 0 Å². The van der Waals surface area contributed by atoms with Gasteiger partial charge in [-0.2, -0.15) is 0 Å². The number of carbonyl (C=O) groups excluding carboxylic acids is 1. The fraction of sp³-hybridized carbons (Fsp3) is 0.333. The predicted molar refractivity (Wildman–Crippen MR) is 97.9 cm³/mol. The zero-order valence-electron chi connectivity index (χ0n) is 14.4. The second-order valence-electron chi connectivity index (χ2n) is 6.82. The molecule has 0 fully saturated rings. The summed E-state index contributed by atoms with van der Waals surface area (Å²) in [6, 6.07) is 3.73. The molecule has 0 saturated carbocycles. The number of sulfonamides is 1. The summed E-state index contributed by atoms with van der Waals surface area (Å²) < 4.78 is 42.0. The maximum atomic E-state index is 14.4. The van der Waals surface area contributed by atoms with Crippen molar-refractivity contribution in [3.8, 4) is 0 Å². The van der Waals surface area contributed by atoms with Crippen LogP contribution in [-0.4, -0.2) is 19.3 Å². The molecule has 0 spiro atoms. The first kappa shape index (κ1) is 17.7. The van der Waals surface area contributed by atoms with Gasteiger partial charge in [0.05, 0.1) is 0 Å². The fourth-order valence-electron chi connectivity index (χ4n) is 3.54. The normalized spacial score (nSPS) is 16.3. The molecule has 1 aliphatic carbocycles. The van der Waals surface area contributed by atoms with Crippen LogP contribution in [0, 0.1) is 5.82 Å². The van der Waals surface area contributed by atoms with Crippen molar-refractivity contribution in [1.29, 1.82) is 0 Å². The number of H-pyrrole nitrogens is 1. The number of nitrogens with one attached hydrogen (secondary N) is 3. The van der Waals surface area contributed by atoms with E-state index >= 15 is 0 Å². The summed E-state index contributed by atoms with van der Waals surface area (Å²) in [6.45, 7) is 0. The first-order chi connectivity index (χ1) is 12.8. The highest BCUT2D eigenvalue weighted by Crippen LogP contribution is 2.29. The Kier molecular flexibility index (Phi) is 4.26. The van der Waals surface area contributed by atoms with Crippen LogP contribution in [-0.2, 0) is 34.1 Å². The van der Waals surface area contributed by atoms with Gasteiger partial charge in [-0.1, -0.05) is 0 Å². The predicted octanol–water partition coefficient (Wildman–Crippen LogP) is 2.08. The molecule has 0 atom stereocenters. The molecule has 0 radical (unpaired) electrons. The largest absolute Gasteiger partial charge is 0.326 e. The molecule has 1 amide bonds. The Morgan fingerprint density at radius 1 is 0.963 bits per heavy atom. The maximum absolute atomic E-state index is 14.4. The topological polar surface area (TPSA) is 108 Å². The molecular formula is C18H18FN3O4S. The zero-order chi connectivity index (χ0) is 19.2. The van der Waals surface area contributed by atoms with Crippen LogP contribution < -0.4 is 15.6 Å². The summed E-state index contributed by atoms with van der Waals surface area (Å²) in [6.07, 6.45) is 3.98. The first-order valence-corrected chi connectivity index (χ1v) is 10.2. The van der Waals surface area contributed by atoms with Gasteiger partial charge in [0, 0.05) is 17.8 Å². The molecular weight excluding hydrogens is 373 g/mol. The van der Waals surface area contributed by atoms with Crippen molar-refractivity contribution in [1.82, 2.24) is 4.98 Å². The Labute approximate surface area is 155 Å². The van der Waals surface area contributed by atoms with Crippen LogP contribution in [0.5, 0.6) is 0 Å². The van der Waals surface area contributed by atoms with Gasteiger partial charge in [0.25, 0.3) is 15.6 Å². The van der Waals surface area contributed by atoms with Gasteiger partial charge < -0.3 is 10.3 Å². The van der Waals surface area contributed by atoms with Crippen LogP contribution in [0.3, 0.4) is 0 Å². The van der Waals surface area contributed by atoms with Gasteiger partial charge in [-0.15, -0.1) is 0 Å². The summed E-state index contributed by atoms with van der Waals surface area (Å²) >= 11 is 0. The van der Waals surface area contributed by atoms with E-state index in [1.54, 1.807) is 0 Å². The number of amides is 1. The van der Waals surface area contributed by atoms with E-state index in [-0.39, 0.29) is 23.7 Å². The molecule has 0 unspecified atom stereocenters. The highest BCUT2D eigenvalue weighted by molar-refractivity contribution is 7.92. The number of aryl methyl sites for hydroxylation is 3. The lowest BCUT2D eigenvalue weighted by molar-refractivity contribution is -0.116. The number of hydrogen-bond acceptors (Lipinski definition) is 4. The Bertz CT molecular complexity index is 1110. The van der Waals surface area contributed by atoms with Gasteiger partial charge in [-0.05, 0) is 61.4 Å².